The quantitative estimate of drug-likeness (QED) is 0.655. The zero-order valence-corrected chi connectivity index (χ0v) is 16.7. The minimum Gasteiger partial charge on any atom is -0.504 e. The van der Waals surface area contributed by atoms with Gasteiger partial charge in [-0.05, 0) is 41.6 Å². The highest BCUT2D eigenvalue weighted by atomic mass is 79.9. The highest BCUT2D eigenvalue weighted by Gasteiger charge is 2.35. The number of methoxy groups -OCH3 is 1. The topological polar surface area (TPSA) is 66.8 Å². The van der Waals surface area contributed by atoms with Gasteiger partial charge in [-0.2, -0.15) is 0 Å². The average Bonchev–Trinajstić information content (AvgIpc) is 2.87. The van der Waals surface area contributed by atoms with Crippen LogP contribution in [0.2, 0.25) is 5.02 Å². The van der Waals surface area contributed by atoms with E-state index < -0.39 is 5.91 Å². The van der Waals surface area contributed by atoms with E-state index in [2.05, 4.69) is 15.9 Å². The summed E-state index contributed by atoms with van der Waals surface area (Å²) in [5.41, 5.74) is 1.15. The number of amides is 2. The maximum atomic E-state index is 12.6. The molecule has 0 atom stereocenters. The van der Waals surface area contributed by atoms with E-state index in [0.717, 1.165) is 21.8 Å². The van der Waals surface area contributed by atoms with Gasteiger partial charge in [-0.1, -0.05) is 39.7 Å². The maximum Gasteiger partial charge on any atom is 0.293 e. The first-order chi connectivity index (χ1) is 12.4. The Bertz CT molecular complexity index is 914. The summed E-state index contributed by atoms with van der Waals surface area (Å²) in [6.45, 7) is 0.181. The Morgan fingerprint density at radius 1 is 1.27 bits per heavy atom. The lowest BCUT2D eigenvalue weighted by molar-refractivity contribution is -0.123. The number of imide groups is 1. The van der Waals surface area contributed by atoms with Crippen molar-refractivity contribution in [2.24, 2.45) is 0 Å². The molecule has 2 aromatic rings. The number of aromatic hydroxyl groups is 1. The van der Waals surface area contributed by atoms with Crippen LogP contribution in [0, 0.1) is 0 Å². The number of rotatable bonds is 4. The van der Waals surface area contributed by atoms with Crippen molar-refractivity contribution in [2.45, 2.75) is 6.54 Å². The molecule has 0 aromatic heterocycles. The van der Waals surface area contributed by atoms with Gasteiger partial charge >= 0.3 is 0 Å². The van der Waals surface area contributed by atoms with E-state index in [9.17, 15) is 14.7 Å². The molecule has 0 radical (unpaired) electrons. The molecule has 1 aliphatic rings. The number of phenols is 1. The third-order valence-electron chi connectivity index (χ3n) is 3.70. The Kier molecular flexibility index (Phi) is 5.60. The van der Waals surface area contributed by atoms with E-state index in [-0.39, 0.29) is 28.2 Å². The van der Waals surface area contributed by atoms with Crippen LogP contribution < -0.4 is 4.74 Å². The van der Waals surface area contributed by atoms with Crippen LogP contribution >= 0.6 is 39.3 Å². The molecular weight excluding hydrogens is 442 g/mol. The lowest BCUT2D eigenvalue weighted by atomic mass is 10.1. The van der Waals surface area contributed by atoms with Gasteiger partial charge in [0.15, 0.2) is 11.5 Å². The summed E-state index contributed by atoms with van der Waals surface area (Å²) in [6, 6.07) is 10.3. The Labute approximate surface area is 167 Å². The van der Waals surface area contributed by atoms with E-state index in [1.54, 1.807) is 0 Å². The van der Waals surface area contributed by atoms with Crippen LogP contribution in [0.15, 0.2) is 45.8 Å². The summed E-state index contributed by atoms with van der Waals surface area (Å²) in [4.78, 5) is 26.2. The number of phenolic OH excluding ortho intramolecular Hbond substituents is 1. The van der Waals surface area contributed by atoms with Gasteiger partial charge in [-0.25, -0.2) is 0 Å². The molecule has 0 unspecified atom stereocenters. The molecule has 1 N–H and O–H groups in total. The number of halogens is 2. The molecule has 2 aromatic carbocycles. The minimum absolute atomic E-state index is 0.142. The van der Waals surface area contributed by atoms with Crippen molar-refractivity contribution in [3.05, 3.63) is 61.9 Å². The molecule has 0 aliphatic carbocycles. The molecule has 134 valence electrons. The smallest absolute Gasteiger partial charge is 0.293 e. The Balaban J connectivity index is 1.88. The number of hydrogen-bond donors (Lipinski definition) is 1. The summed E-state index contributed by atoms with van der Waals surface area (Å²) < 4.78 is 5.97. The minimum atomic E-state index is -0.415. The fraction of sp³-hybridized carbons (Fsp3) is 0.111. The first-order valence-electron chi connectivity index (χ1n) is 7.45. The van der Waals surface area contributed by atoms with Gasteiger partial charge in [0.2, 0.25) is 0 Å². The summed E-state index contributed by atoms with van der Waals surface area (Å²) in [5, 5.41) is 10.2. The normalized spacial score (nSPS) is 15.8. The number of nitrogens with zero attached hydrogens (tertiary/aromatic N) is 1. The van der Waals surface area contributed by atoms with Gasteiger partial charge in [0.05, 0.1) is 18.6 Å². The molecule has 1 heterocycles. The lowest BCUT2D eigenvalue weighted by Crippen LogP contribution is -2.27. The van der Waals surface area contributed by atoms with E-state index in [1.165, 1.54) is 30.2 Å². The van der Waals surface area contributed by atoms with Crippen molar-refractivity contribution < 1.29 is 19.4 Å². The second-order valence-corrected chi connectivity index (χ2v) is 7.79. The fourth-order valence-electron chi connectivity index (χ4n) is 2.41. The van der Waals surface area contributed by atoms with Crippen molar-refractivity contribution >= 4 is 56.5 Å². The highest BCUT2D eigenvalue weighted by molar-refractivity contribution is 9.10. The number of thioether (sulfide) groups is 1. The van der Waals surface area contributed by atoms with Crippen LogP contribution in [0.3, 0.4) is 0 Å². The number of hydrogen-bond acceptors (Lipinski definition) is 5. The molecule has 1 fully saturated rings. The zero-order chi connectivity index (χ0) is 18.8. The van der Waals surface area contributed by atoms with Gasteiger partial charge in [0.1, 0.15) is 0 Å². The van der Waals surface area contributed by atoms with Gasteiger partial charge in [-0.15, -0.1) is 0 Å². The Morgan fingerprint density at radius 2 is 1.96 bits per heavy atom. The second kappa shape index (κ2) is 7.73. The van der Waals surface area contributed by atoms with Crippen LogP contribution in [-0.2, 0) is 11.3 Å². The SMILES string of the molecule is COc1cc(Cl)cc(/C=C2\SC(=O)N(Cc3ccc(Br)cc3)C2=O)c1O. The van der Waals surface area contributed by atoms with Crippen molar-refractivity contribution in [2.75, 3.05) is 7.11 Å². The monoisotopic (exact) mass is 453 g/mol. The molecule has 1 saturated heterocycles. The second-order valence-electron chi connectivity index (χ2n) is 5.44. The van der Waals surface area contributed by atoms with Crippen molar-refractivity contribution in [3.8, 4) is 11.5 Å². The largest absolute Gasteiger partial charge is 0.504 e. The molecule has 8 heteroatoms. The third-order valence-corrected chi connectivity index (χ3v) is 5.36. The molecule has 26 heavy (non-hydrogen) atoms. The number of carbonyl (C=O) groups is 2. The molecule has 5 nitrogen and oxygen atoms in total. The molecule has 0 spiro atoms. The van der Waals surface area contributed by atoms with E-state index >= 15 is 0 Å². The van der Waals surface area contributed by atoms with E-state index in [1.807, 2.05) is 24.3 Å². The zero-order valence-electron chi connectivity index (χ0n) is 13.5. The summed E-state index contributed by atoms with van der Waals surface area (Å²) >= 11 is 10.2. The summed E-state index contributed by atoms with van der Waals surface area (Å²) in [7, 11) is 1.40. The van der Waals surface area contributed by atoms with Crippen LogP contribution in [0.4, 0.5) is 4.79 Å². The van der Waals surface area contributed by atoms with Crippen LogP contribution in [0.1, 0.15) is 11.1 Å². The average molecular weight is 455 g/mol. The first kappa shape index (κ1) is 18.8. The standard InChI is InChI=1S/C18H13BrClNO4S/c1-25-14-8-13(20)6-11(16(14)22)7-15-17(23)21(18(24)26-15)9-10-2-4-12(19)5-3-10/h2-8,22H,9H2,1H3/b15-7-. The van der Waals surface area contributed by atoms with Gasteiger partial charge in [0.25, 0.3) is 11.1 Å². The van der Waals surface area contributed by atoms with Crippen LogP contribution in [0.25, 0.3) is 6.08 Å². The number of carbonyl (C=O) groups excluding carboxylic acids is 2. The predicted octanol–water partition coefficient (Wildman–Crippen LogP) is 5.05. The molecule has 2 amide bonds. The summed E-state index contributed by atoms with van der Waals surface area (Å²) in [6.07, 6.45) is 1.44. The molecule has 0 bridgehead atoms. The van der Waals surface area contributed by atoms with Crippen LogP contribution in [-0.4, -0.2) is 28.3 Å². The van der Waals surface area contributed by atoms with E-state index in [4.69, 9.17) is 16.3 Å². The Hall–Kier alpha value is -1.96. The highest BCUT2D eigenvalue weighted by Crippen LogP contribution is 2.38. The fourth-order valence-corrected chi connectivity index (χ4v) is 3.72. The number of benzene rings is 2. The summed E-state index contributed by atoms with van der Waals surface area (Å²) in [5.74, 6) is -0.365. The third kappa shape index (κ3) is 3.90. The van der Waals surface area contributed by atoms with Gasteiger partial charge in [0, 0.05) is 21.1 Å². The molecular formula is C18H13BrClNO4S. The molecule has 1 aliphatic heterocycles. The van der Waals surface area contributed by atoms with Crippen molar-refractivity contribution in [1.82, 2.24) is 4.90 Å². The first-order valence-corrected chi connectivity index (χ1v) is 9.44. The molecule has 0 saturated carbocycles. The van der Waals surface area contributed by atoms with Crippen LogP contribution in [0.5, 0.6) is 11.5 Å². The lowest BCUT2D eigenvalue weighted by Gasteiger charge is -2.12. The maximum absolute atomic E-state index is 12.6. The Morgan fingerprint density at radius 3 is 2.62 bits per heavy atom. The predicted molar refractivity (Wildman–Crippen MR) is 105 cm³/mol. The van der Waals surface area contributed by atoms with Crippen molar-refractivity contribution in [3.63, 3.8) is 0 Å². The van der Waals surface area contributed by atoms with E-state index in [0.29, 0.717) is 10.6 Å². The van der Waals surface area contributed by atoms with Gasteiger partial charge in [-0.3, -0.25) is 14.5 Å². The molecule has 3 rings (SSSR count). The number of ether oxygens (including phenoxy) is 1. The van der Waals surface area contributed by atoms with Crippen molar-refractivity contribution in [1.29, 1.82) is 0 Å². The van der Waals surface area contributed by atoms with Gasteiger partial charge < -0.3 is 9.84 Å².